The highest BCUT2D eigenvalue weighted by molar-refractivity contribution is 5.45. The summed E-state index contributed by atoms with van der Waals surface area (Å²) in [7, 11) is 0. The van der Waals surface area contributed by atoms with Crippen molar-refractivity contribution in [3.63, 3.8) is 0 Å². The molecule has 0 amide bonds. The SMILES string of the molecule is CCCC(C)(C)c1ccnc(N2CC(O)C2)c1. The maximum absolute atomic E-state index is 9.32. The molecular formula is C14H22N2O. The standard InChI is InChI=1S/C14H22N2O/c1-4-6-14(2,3)11-5-7-15-13(8-11)16-9-12(17)10-16/h5,7-8,12,17H,4,6,9-10H2,1-3H3. The molecule has 2 heterocycles. The van der Waals surface area contributed by atoms with Gasteiger partial charge in [-0.1, -0.05) is 27.2 Å². The average molecular weight is 234 g/mol. The Labute approximate surface area is 103 Å². The minimum atomic E-state index is -0.177. The second-order valence-corrected chi connectivity index (χ2v) is 5.60. The second kappa shape index (κ2) is 4.65. The van der Waals surface area contributed by atoms with Crippen LogP contribution < -0.4 is 4.90 Å². The highest BCUT2D eigenvalue weighted by Gasteiger charge is 2.27. The Bertz CT molecular complexity index is 384. The van der Waals surface area contributed by atoms with Gasteiger partial charge in [-0.25, -0.2) is 4.98 Å². The van der Waals surface area contributed by atoms with Gasteiger partial charge in [0.25, 0.3) is 0 Å². The smallest absolute Gasteiger partial charge is 0.128 e. The number of aliphatic hydroxyl groups excluding tert-OH is 1. The molecule has 1 aromatic rings. The van der Waals surface area contributed by atoms with Crippen LogP contribution in [0.2, 0.25) is 0 Å². The average Bonchev–Trinajstić information content (AvgIpc) is 2.25. The molecule has 17 heavy (non-hydrogen) atoms. The van der Waals surface area contributed by atoms with E-state index in [1.165, 1.54) is 18.4 Å². The molecule has 0 unspecified atom stereocenters. The van der Waals surface area contributed by atoms with E-state index in [2.05, 4.69) is 42.8 Å². The van der Waals surface area contributed by atoms with Crippen molar-refractivity contribution in [1.29, 1.82) is 0 Å². The van der Waals surface area contributed by atoms with E-state index in [0.29, 0.717) is 13.1 Å². The molecule has 0 aliphatic carbocycles. The molecule has 0 aromatic carbocycles. The van der Waals surface area contributed by atoms with Gasteiger partial charge in [0.1, 0.15) is 5.82 Å². The number of anilines is 1. The lowest BCUT2D eigenvalue weighted by Gasteiger charge is -2.37. The molecule has 0 bridgehead atoms. The molecule has 0 atom stereocenters. The first kappa shape index (κ1) is 12.4. The Morgan fingerprint density at radius 3 is 2.76 bits per heavy atom. The highest BCUT2D eigenvalue weighted by atomic mass is 16.3. The second-order valence-electron chi connectivity index (χ2n) is 5.60. The Hall–Kier alpha value is -1.09. The van der Waals surface area contributed by atoms with Gasteiger partial charge in [-0.2, -0.15) is 0 Å². The molecule has 1 aliphatic rings. The number of rotatable bonds is 4. The van der Waals surface area contributed by atoms with Crippen molar-refractivity contribution < 1.29 is 5.11 Å². The van der Waals surface area contributed by atoms with E-state index in [9.17, 15) is 5.11 Å². The molecule has 0 radical (unpaired) electrons. The molecule has 2 rings (SSSR count). The molecule has 0 saturated carbocycles. The van der Waals surface area contributed by atoms with Gasteiger partial charge in [0.15, 0.2) is 0 Å². The van der Waals surface area contributed by atoms with Gasteiger partial charge < -0.3 is 10.0 Å². The zero-order valence-electron chi connectivity index (χ0n) is 11.0. The van der Waals surface area contributed by atoms with Crippen LogP contribution in [0.1, 0.15) is 39.2 Å². The lowest BCUT2D eigenvalue weighted by molar-refractivity contribution is 0.141. The van der Waals surface area contributed by atoms with Gasteiger partial charge in [0.05, 0.1) is 6.10 Å². The number of aromatic nitrogens is 1. The quantitative estimate of drug-likeness (QED) is 0.868. The van der Waals surface area contributed by atoms with Gasteiger partial charge in [0.2, 0.25) is 0 Å². The number of pyridine rings is 1. The predicted octanol–water partition coefficient (Wildman–Crippen LogP) is 2.34. The molecule has 1 aliphatic heterocycles. The topological polar surface area (TPSA) is 36.4 Å². The molecule has 3 nitrogen and oxygen atoms in total. The molecule has 94 valence electrons. The van der Waals surface area contributed by atoms with E-state index < -0.39 is 0 Å². The summed E-state index contributed by atoms with van der Waals surface area (Å²) >= 11 is 0. The molecule has 3 heteroatoms. The van der Waals surface area contributed by atoms with Crippen LogP contribution in [0.25, 0.3) is 0 Å². The lowest BCUT2D eigenvalue weighted by Crippen LogP contribution is -2.51. The normalized spacial score (nSPS) is 17.1. The van der Waals surface area contributed by atoms with E-state index >= 15 is 0 Å². The van der Waals surface area contributed by atoms with Gasteiger partial charge in [-0.05, 0) is 29.5 Å². The van der Waals surface area contributed by atoms with Gasteiger partial charge in [-0.3, -0.25) is 0 Å². The van der Waals surface area contributed by atoms with Gasteiger partial charge >= 0.3 is 0 Å². The monoisotopic (exact) mass is 234 g/mol. The van der Waals surface area contributed by atoms with Crippen LogP contribution in [0.15, 0.2) is 18.3 Å². The van der Waals surface area contributed by atoms with Crippen molar-refractivity contribution in [3.05, 3.63) is 23.9 Å². The summed E-state index contributed by atoms with van der Waals surface area (Å²) in [5, 5.41) is 9.32. The van der Waals surface area contributed by atoms with Crippen LogP contribution in [0.4, 0.5) is 5.82 Å². The number of hydrogen-bond donors (Lipinski definition) is 1. The zero-order chi connectivity index (χ0) is 12.5. The van der Waals surface area contributed by atoms with Crippen LogP contribution in [0.5, 0.6) is 0 Å². The third-order valence-corrected chi connectivity index (χ3v) is 3.59. The maximum Gasteiger partial charge on any atom is 0.128 e. The Kier molecular flexibility index (Phi) is 3.38. The highest BCUT2D eigenvalue weighted by Crippen LogP contribution is 2.30. The Morgan fingerprint density at radius 2 is 2.18 bits per heavy atom. The van der Waals surface area contributed by atoms with E-state index in [1.807, 2.05) is 6.20 Å². The Morgan fingerprint density at radius 1 is 1.47 bits per heavy atom. The fourth-order valence-corrected chi connectivity index (χ4v) is 2.42. The van der Waals surface area contributed by atoms with E-state index in [1.54, 1.807) is 0 Å². The van der Waals surface area contributed by atoms with Gasteiger partial charge in [-0.15, -0.1) is 0 Å². The van der Waals surface area contributed by atoms with Crippen molar-refractivity contribution in [2.45, 2.75) is 45.1 Å². The maximum atomic E-state index is 9.32. The Balaban J connectivity index is 2.16. The van der Waals surface area contributed by atoms with Crippen LogP contribution in [0, 0.1) is 0 Å². The molecule has 1 aromatic heterocycles. The zero-order valence-corrected chi connectivity index (χ0v) is 11.0. The number of nitrogens with zero attached hydrogens (tertiary/aromatic N) is 2. The third-order valence-electron chi connectivity index (χ3n) is 3.59. The number of hydrogen-bond acceptors (Lipinski definition) is 3. The minimum absolute atomic E-state index is 0.177. The molecule has 1 fully saturated rings. The lowest BCUT2D eigenvalue weighted by atomic mass is 9.81. The first-order valence-electron chi connectivity index (χ1n) is 6.42. The van der Waals surface area contributed by atoms with Crippen molar-refractivity contribution in [1.82, 2.24) is 4.98 Å². The van der Waals surface area contributed by atoms with Crippen molar-refractivity contribution in [2.24, 2.45) is 0 Å². The molecule has 1 saturated heterocycles. The van der Waals surface area contributed by atoms with Crippen LogP contribution in [-0.4, -0.2) is 29.3 Å². The fraction of sp³-hybridized carbons (Fsp3) is 0.643. The molecular weight excluding hydrogens is 212 g/mol. The van der Waals surface area contributed by atoms with Crippen LogP contribution >= 0.6 is 0 Å². The number of β-amino-alcohol motifs (C(OH)–C–C–N with tert-alkyl or cyclic N) is 1. The van der Waals surface area contributed by atoms with E-state index in [0.717, 1.165) is 5.82 Å². The van der Waals surface area contributed by atoms with E-state index in [-0.39, 0.29) is 11.5 Å². The van der Waals surface area contributed by atoms with Crippen LogP contribution in [-0.2, 0) is 5.41 Å². The summed E-state index contributed by atoms with van der Waals surface area (Å²) in [6.45, 7) is 8.20. The van der Waals surface area contributed by atoms with Crippen LogP contribution in [0.3, 0.4) is 0 Å². The summed E-state index contributed by atoms with van der Waals surface area (Å²) in [5.41, 5.74) is 1.54. The molecule has 0 spiro atoms. The fourth-order valence-electron chi connectivity index (χ4n) is 2.42. The first-order valence-corrected chi connectivity index (χ1v) is 6.42. The predicted molar refractivity (Wildman–Crippen MR) is 70.4 cm³/mol. The molecule has 1 N–H and O–H groups in total. The third kappa shape index (κ3) is 2.60. The summed E-state index contributed by atoms with van der Waals surface area (Å²) in [6, 6.07) is 4.27. The summed E-state index contributed by atoms with van der Waals surface area (Å²) < 4.78 is 0. The van der Waals surface area contributed by atoms with Crippen molar-refractivity contribution in [3.8, 4) is 0 Å². The van der Waals surface area contributed by atoms with Gasteiger partial charge in [0, 0.05) is 19.3 Å². The van der Waals surface area contributed by atoms with Crippen molar-refractivity contribution >= 4 is 5.82 Å². The summed E-state index contributed by atoms with van der Waals surface area (Å²) in [6.07, 6.45) is 4.07. The summed E-state index contributed by atoms with van der Waals surface area (Å²) in [5.74, 6) is 0.997. The number of aliphatic hydroxyl groups is 1. The largest absolute Gasteiger partial charge is 0.389 e. The summed E-state index contributed by atoms with van der Waals surface area (Å²) in [4.78, 5) is 6.51. The minimum Gasteiger partial charge on any atom is -0.389 e. The first-order chi connectivity index (χ1) is 8.03. The van der Waals surface area contributed by atoms with Crippen molar-refractivity contribution in [2.75, 3.05) is 18.0 Å². The van der Waals surface area contributed by atoms with E-state index in [4.69, 9.17) is 0 Å².